The van der Waals surface area contributed by atoms with E-state index >= 15 is 0 Å². The summed E-state index contributed by atoms with van der Waals surface area (Å²) in [5.74, 6) is 1.49. The van der Waals surface area contributed by atoms with Gasteiger partial charge in [-0.3, -0.25) is 0 Å². The molecule has 1 atom stereocenters. The average molecular weight is 210 g/mol. The molecule has 0 saturated heterocycles. The van der Waals surface area contributed by atoms with Crippen LogP contribution in [0, 0.1) is 0 Å². The topological polar surface area (TPSA) is 79.7 Å². The van der Waals surface area contributed by atoms with E-state index in [9.17, 15) is 0 Å². The van der Waals surface area contributed by atoms with Gasteiger partial charge in [-0.15, -0.1) is 0 Å². The number of hydrogen-bond acceptors (Lipinski definition) is 5. The molecule has 5 heteroatoms. The Morgan fingerprint density at radius 2 is 2.13 bits per heavy atom. The molecule has 2 rings (SSSR count). The fourth-order valence-corrected chi connectivity index (χ4v) is 1.52. The Kier molecular flexibility index (Phi) is 2.22. The van der Waals surface area contributed by atoms with Crippen LogP contribution in [-0.4, -0.2) is 19.8 Å². The number of anilines is 2. The highest BCUT2D eigenvalue weighted by molar-refractivity contribution is 5.77. The smallest absolute Gasteiger partial charge is 0.190 e. The molecule has 1 heterocycles. The lowest BCUT2D eigenvalue weighted by atomic mass is 10.2. The van der Waals surface area contributed by atoms with Gasteiger partial charge in [0, 0.05) is 6.07 Å². The molecule has 1 unspecified atom stereocenters. The molecule has 0 spiro atoms. The molecule has 0 bridgehead atoms. The minimum absolute atomic E-state index is 0.0207. The summed E-state index contributed by atoms with van der Waals surface area (Å²) in [6.45, 7) is 2.37. The molecular formula is C10H14N2O3. The Hall–Kier alpha value is -1.78. The predicted octanol–water partition coefficient (Wildman–Crippen LogP) is 1.02. The van der Waals surface area contributed by atoms with Crippen molar-refractivity contribution >= 4 is 11.4 Å². The van der Waals surface area contributed by atoms with Gasteiger partial charge < -0.3 is 25.7 Å². The van der Waals surface area contributed by atoms with Gasteiger partial charge in [0.25, 0.3) is 0 Å². The third-order valence-electron chi connectivity index (χ3n) is 2.27. The lowest BCUT2D eigenvalue weighted by molar-refractivity contribution is 0.106. The van der Waals surface area contributed by atoms with Gasteiger partial charge in [-0.05, 0) is 6.92 Å². The zero-order valence-electron chi connectivity index (χ0n) is 8.74. The molecule has 5 nitrogen and oxygen atoms in total. The summed E-state index contributed by atoms with van der Waals surface area (Å²) < 4.78 is 16.1. The van der Waals surface area contributed by atoms with Crippen molar-refractivity contribution in [2.75, 3.05) is 25.2 Å². The zero-order chi connectivity index (χ0) is 11.0. The first-order valence-electron chi connectivity index (χ1n) is 4.69. The predicted molar refractivity (Wildman–Crippen MR) is 57.4 cm³/mol. The molecule has 0 fully saturated rings. The third-order valence-corrected chi connectivity index (χ3v) is 2.27. The summed E-state index contributed by atoms with van der Waals surface area (Å²) in [5, 5.41) is 0. The monoisotopic (exact) mass is 210 g/mol. The van der Waals surface area contributed by atoms with Crippen molar-refractivity contribution in [2.24, 2.45) is 0 Å². The molecule has 0 radical (unpaired) electrons. The van der Waals surface area contributed by atoms with Crippen LogP contribution >= 0.6 is 0 Å². The maximum absolute atomic E-state index is 5.84. The van der Waals surface area contributed by atoms with Crippen LogP contribution < -0.4 is 25.7 Å². The molecule has 1 aliphatic rings. The Bertz CT molecular complexity index is 393. The van der Waals surface area contributed by atoms with Crippen LogP contribution in [0.15, 0.2) is 6.07 Å². The fraction of sp³-hybridized carbons (Fsp3) is 0.400. The first kappa shape index (κ1) is 9.76. The summed E-state index contributed by atoms with van der Waals surface area (Å²) in [6, 6.07) is 1.63. The zero-order valence-corrected chi connectivity index (χ0v) is 8.74. The SMILES string of the molecule is COc1cc(N)c2c(c1N)OCC(C)O2. The lowest BCUT2D eigenvalue weighted by Gasteiger charge is -2.26. The van der Waals surface area contributed by atoms with E-state index in [1.54, 1.807) is 6.07 Å². The standard InChI is InChI=1S/C10H14N2O3/c1-5-4-14-10-8(12)7(13-2)3-6(11)9(10)15-5/h3,5H,4,11-12H2,1-2H3. The first-order valence-corrected chi connectivity index (χ1v) is 4.69. The highest BCUT2D eigenvalue weighted by atomic mass is 16.6. The minimum atomic E-state index is -0.0207. The Labute approximate surface area is 87.9 Å². The van der Waals surface area contributed by atoms with Gasteiger partial charge in [-0.1, -0.05) is 0 Å². The van der Waals surface area contributed by atoms with Crippen LogP contribution in [0.4, 0.5) is 11.4 Å². The summed E-state index contributed by atoms with van der Waals surface area (Å²) >= 11 is 0. The summed E-state index contributed by atoms with van der Waals surface area (Å²) in [5.41, 5.74) is 12.6. The number of benzene rings is 1. The average Bonchev–Trinajstić information content (AvgIpc) is 2.23. The summed E-state index contributed by atoms with van der Waals surface area (Å²) in [4.78, 5) is 0. The Balaban J connectivity index is 2.54. The lowest BCUT2D eigenvalue weighted by Crippen LogP contribution is -2.27. The molecular weight excluding hydrogens is 196 g/mol. The number of nitrogen functional groups attached to an aromatic ring is 2. The first-order chi connectivity index (χ1) is 7.13. The second kappa shape index (κ2) is 3.42. The van der Waals surface area contributed by atoms with Crippen LogP contribution in [0.5, 0.6) is 17.2 Å². The van der Waals surface area contributed by atoms with Gasteiger partial charge in [-0.25, -0.2) is 0 Å². The van der Waals surface area contributed by atoms with Crippen LogP contribution in [0.2, 0.25) is 0 Å². The molecule has 4 N–H and O–H groups in total. The molecule has 82 valence electrons. The maximum atomic E-state index is 5.84. The van der Waals surface area contributed by atoms with E-state index in [0.717, 1.165) is 0 Å². The van der Waals surface area contributed by atoms with E-state index in [-0.39, 0.29) is 6.10 Å². The van der Waals surface area contributed by atoms with Crippen molar-refractivity contribution < 1.29 is 14.2 Å². The van der Waals surface area contributed by atoms with Crippen molar-refractivity contribution in [3.8, 4) is 17.2 Å². The van der Waals surface area contributed by atoms with Crippen molar-refractivity contribution in [3.05, 3.63) is 6.07 Å². The quantitative estimate of drug-likeness (QED) is 0.676. The number of nitrogens with two attached hydrogens (primary N) is 2. The van der Waals surface area contributed by atoms with E-state index in [1.165, 1.54) is 7.11 Å². The van der Waals surface area contributed by atoms with E-state index in [2.05, 4.69) is 0 Å². The van der Waals surface area contributed by atoms with Crippen LogP contribution in [-0.2, 0) is 0 Å². The van der Waals surface area contributed by atoms with Crippen LogP contribution in [0.25, 0.3) is 0 Å². The highest BCUT2D eigenvalue weighted by Gasteiger charge is 2.24. The van der Waals surface area contributed by atoms with Gasteiger partial charge >= 0.3 is 0 Å². The minimum Gasteiger partial charge on any atom is -0.494 e. The van der Waals surface area contributed by atoms with Gasteiger partial charge in [-0.2, -0.15) is 0 Å². The van der Waals surface area contributed by atoms with Gasteiger partial charge in [0.05, 0.1) is 12.8 Å². The van der Waals surface area contributed by atoms with Gasteiger partial charge in [0.15, 0.2) is 11.5 Å². The largest absolute Gasteiger partial charge is 0.494 e. The number of ether oxygens (including phenoxy) is 3. The molecule has 0 amide bonds. The molecule has 0 aromatic heterocycles. The van der Waals surface area contributed by atoms with Gasteiger partial charge in [0.1, 0.15) is 24.1 Å². The molecule has 0 aliphatic carbocycles. The molecule has 15 heavy (non-hydrogen) atoms. The maximum Gasteiger partial charge on any atom is 0.190 e. The number of hydrogen-bond donors (Lipinski definition) is 2. The van der Waals surface area contributed by atoms with E-state index in [1.807, 2.05) is 6.92 Å². The highest BCUT2D eigenvalue weighted by Crippen LogP contribution is 2.46. The fourth-order valence-electron chi connectivity index (χ4n) is 1.52. The summed E-state index contributed by atoms with van der Waals surface area (Å²) in [6.07, 6.45) is -0.0207. The third kappa shape index (κ3) is 1.49. The number of fused-ring (bicyclic) bond motifs is 1. The molecule has 1 aromatic carbocycles. The van der Waals surface area contributed by atoms with Crippen molar-refractivity contribution in [1.82, 2.24) is 0 Å². The van der Waals surface area contributed by atoms with Gasteiger partial charge in [0.2, 0.25) is 0 Å². The van der Waals surface area contributed by atoms with E-state index < -0.39 is 0 Å². The molecule has 1 aliphatic heterocycles. The Morgan fingerprint density at radius 1 is 1.40 bits per heavy atom. The second-order valence-electron chi connectivity index (χ2n) is 3.48. The number of rotatable bonds is 1. The van der Waals surface area contributed by atoms with Crippen molar-refractivity contribution in [3.63, 3.8) is 0 Å². The van der Waals surface area contributed by atoms with Crippen LogP contribution in [0.1, 0.15) is 6.92 Å². The Morgan fingerprint density at radius 3 is 2.80 bits per heavy atom. The normalized spacial score (nSPS) is 18.7. The summed E-state index contributed by atoms with van der Waals surface area (Å²) in [7, 11) is 1.53. The van der Waals surface area contributed by atoms with E-state index in [4.69, 9.17) is 25.7 Å². The second-order valence-corrected chi connectivity index (χ2v) is 3.48. The molecule has 0 saturated carbocycles. The van der Waals surface area contributed by atoms with Crippen molar-refractivity contribution in [2.45, 2.75) is 13.0 Å². The van der Waals surface area contributed by atoms with Crippen molar-refractivity contribution in [1.29, 1.82) is 0 Å². The molecule has 1 aromatic rings. The van der Waals surface area contributed by atoms with Crippen LogP contribution in [0.3, 0.4) is 0 Å². The van der Waals surface area contributed by atoms with E-state index in [0.29, 0.717) is 35.2 Å². The number of methoxy groups -OCH3 is 1.